The van der Waals surface area contributed by atoms with Crippen molar-refractivity contribution >= 4 is 10.1 Å². The predicted octanol–water partition coefficient (Wildman–Crippen LogP) is 3.79. The molecule has 0 aliphatic carbocycles. The summed E-state index contributed by atoms with van der Waals surface area (Å²) in [4.78, 5) is 0. The lowest BCUT2D eigenvalue weighted by atomic mass is 9.99. The topological polar surface area (TPSA) is 74.6 Å². The van der Waals surface area contributed by atoms with Gasteiger partial charge in [-0.25, -0.2) is 0 Å². The molecule has 1 unspecified atom stereocenters. The second-order valence-corrected chi connectivity index (χ2v) is 8.87. The highest BCUT2D eigenvalue weighted by molar-refractivity contribution is 7.87. The molecule has 0 aliphatic rings. The molecule has 0 heterocycles. The molecule has 0 saturated heterocycles. The second-order valence-electron chi connectivity index (χ2n) is 6.81. The number of hydrogen-bond donors (Lipinski definition) is 2. The lowest BCUT2D eigenvalue weighted by molar-refractivity contribution is 0.146. The van der Waals surface area contributed by atoms with Crippen LogP contribution < -0.4 is 0 Å². The molecule has 5 heteroatoms. The Labute approximate surface area is 124 Å². The third-order valence-electron chi connectivity index (χ3n) is 3.83. The smallest absolute Gasteiger partial charge is 0.270 e. The molecule has 0 aromatic heterocycles. The summed E-state index contributed by atoms with van der Waals surface area (Å²) in [7, 11) is -3.99. The Bertz CT molecular complexity index is 347. The molecule has 0 aliphatic heterocycles. The average molecular weight is 308 g/mol. The van der Waals surface area contributed by atoms with E-state index in [2.05, 4.69) is 13.8 Å². The first-order valence-corrected chi connectivity index (χ1v) is 9.15. The highest BCUT2D eigenvalue weighted by Gasteiger charge is 2.31. The van der Waals surface area contributed by atoms with Gasteiger partial charge >= 0.3 is 0 Å². The third-order valence-corrected chi connectivity index (χ3v) is 5.43. The summed E-state index contributed by atoms with van der Waals surface area (Å²) >= 11 is 0. The minimum Gasteiger partial charge on any atom is -0.393 e. The van der Waals surface area contributed by atoms with E-state index in [1.807, 2.05) is 0 Å². The Hall–Kier alpha value is -0.130. The summed E-state index contributed by atoms with van der Waals surface area (Å²) in [5, 5.41) is 9.84. The number of aliphatic hydroxyl groups is 1. The Kier molecular flexibility index (Phi) is 8.95. The summed E-state index contributed by atoms with van der Waals surface area (Å²) in [5.41, 5.74) is 0. The maximum atomic E-state index is 11.1. The zero-order valence-electron chi connectivity index (χ0n) is 13.4. The molecular weight excluding hydrogens is 276 g/mol. The van der Waals surface area contributed by atoms with Crippen LogP contribution in [0.3, 0.4) is 0 Å². The minimum absolute atomic E-state index is 0.281. The summed E-state index contributed by atoms with van der Waals surface area (Å²) < 4.78 is 30.2. The van der Waals surface area contributed by atoms with E-state index in [0.717, 1.165) is 31.6 Å². The van der Waals surface area contributed by atoms with Gasteiger partial charge in [-0.15, -0.1) is 0 Å². The van der Waals surface area contributed by atoms with Crippen molar-refractivity contribution in [3.8, 4) is 0 Å². The van der Waals surface area contributed by atoms with Crippen molar-refractivity contribution in [2.75, 3.05) is 0 Å². The van der Waals surface area contributed by atoms with Gasteiger partial charge in [-0.2, -0.15) is 8.42 Å². The van der Waals surface area contributed by atoms with Crippen molar-refractivity contribution in [2.24, 2.45) is 5.92 Å². The van der Waals surface area contributed by atoms with Crippen molar-refractivity contribution in [3.63, 3.8) is 0 Å². The molecule has 0 rings (SSSR count). The van der Waals surface area contributed by atoms with Gasteiger partial charge in [0.1, 0.15) is 0 Å². The summed E-state index contributed by atoms with van der Waals surface area (Å²) in [6, 6.07) is 0. The fraction of sp³-hybridized carbons (Fsp3) is 1.00. The van der Waals surface area contributed by atoms with Crippen LogP contribution in [0.4, 0.5) is 0 Å². The highest BCUT2D eigenvalue weighted by Crippen LogP contribution is 2.23. The van der Waals surface area contributed by atoms with E-state index >= 15 is 0 Å². The molecule has 0 saturated carbocycles. The van der Waals surface area contributed by atoms with E-state index in [9.17, 15) is 13.5 Å². The second kappa shape index (κ2) is 9.00. The van der Waals surface area contributed by atoms with Crippen LogP contribution in [0.25, 0.3) is 0 Å². The fourth-order valence-corrected chi connectivity index (χ4v) is 2.54. The van der Waals surface area contributed by atoms with Gasteiger partial charge in [0.2, 0.25) is 0 Å². The van der Waals surface area contributed by atoms with Crippen LogP contribution >= 0.6 is 0 Å². The molecule has 1 atom stereocenters. The molecule has 0 aromatic rings. The Balaban J connectivity index is 3.70. The van der Waals surface area contributed by atoms with Gasteiger partial charge in [-0.1, -0.05) is 46.0 Å². The summed E-state index contributed by atoms with van der Waals surface area (Å²) in [6.07, 6.45) is 6.59. The molecular formula is C15H32O4S. The molecule has 0 aromatic carbocycles. The quantitative estimate of drug-likeness (QED) is 0.450. The standard InChI is InChI=1S/C15H32O4S/c1-13(2)9-5-6-10-14(16)11-7-8-12-15(3,4)20(17,18)19/h13-14,16H,5-12H2,1-4H3,(H,17,18,19). The number of rotatable bonds is 11. The van der Waals surface area contributed by atoms with Crippen LogP contribution in [0.2, 0.25) is 0 Å². The van der Waals surface area contributed by atoms with Crippen LogP contribution in [0.15, 0.2) is 0 Å². The first-order chi connectivity index (χ1) is 9.06. The lowest BCUT2D eigenvalue weighted by Crippen LogP contribution is -2.31. The first-order valence-electron chi connectivity index (χ1n) is 7.71. The van der Waals surface area contributed by atoms with E-state index < -0.39 is 14.9 Å². The van der Waals surface area contributed by atoms with Crippen LogP contribution in [0.5, 0.6) is 0 Å². The summed E-state index contributed by atoms with van der Waals surface area (Å²) in [6.45, 7) is 7.47. The van der Waals surface area contributed by atoms with E-state index in [1.165, 1.54) is 20.3 Å². The third kappa shape index (κ3) is 8.93. The van der Waals surface area contributed by atoms with Crippen molar-refractivity contribution in [2.45, 2.75) is 89.9 Å². The van der Waals surface area contributed by atoms with Gasteiger partial charge < -0.3 is 5.11 Å². The Morgan fingerprint density at radius 1 is 0.950 bits per heavy atom. The van der Waals surface area contributed by atoms with Crippen molar-refractivity contribution in [3.05, 3.63) is 0 Å². The minimum atomic E-state index is -3.99. The van der Waals surface area contributed by atoms with Gasteiger partial charge in [0.05, 0.1) is 10.9 Å². The van der Waals surface area contributed by atoms with Gasteiger partial charge in [0.25, 0.3) is 10.1 Å². The summed E-state index contributed by atoms with van der Waals surface area (Å²) in [5.74, 6) is 0.717. The molecule has 4 nitrogen and oxygen atoms in total. The van der Waals surface area contributed by atoms with Gasteiger partial charge in [-0.3, -0.25) is 4.55 Å². The van der Waals surface area contributed by atoms with Crippen molar-refractivity contribution < 1.29 is 18.1 Å². The van der Waals surface area contributed by atoms with Crippen molar-refractivity contribution in [1.82, 2.24) is 0 Å². The van der Waals surface area contributed by atoms with E-state index in [1.54, 1.807) is 0 Å². The monoisotopic (exact) mass is 308 g/mol. The Morgan fingerprint density at radius 3 is 1.85 bits per heavy atom. The fourth-order valence-electron chi connectivity index (χ4n) is 2.14. The van der Waals surface area contributed by atoms with Gasteiger partial charge in [-0.05, 0) is 39.0 Å². The molecule has 122 valence electrons. The zero-order chi connectivity index (χ0) is 15.8. The van der Waals surface area contributed by atoms with Crippen LogP contribution in [-0.4, -0.2) is 28.9 Å². The van der Waals surface area contributed by atoms with Crippen LogP contribution in [0.1, 0.15) is 79.1 Å². The molecule has 2 N–H and O–H groups in total. The average Bonchev–Trinajstić information content (AvgIpc) is 2.28. The number of hydrogen-bond acceptors (Lipinski definition) is 3. The molecule has 20 heavy (non-hydrogen) atoms. The molecule has 0 amide bonds. The normalized spacial score (nSPS) is 14.8. The molecule has 0 fully saturated rings. The van der Waals surface area contributed by atoms with E-state index in [0.29, 0.717) is 19.3 Å². The highest BCUT2D eigenvalue weighted by atomic mass is 32.2. The largest absolute Gasteiger partial charge is 0.393 e. The molecule has 0 radical (unpaired) electrons. The zero-order valence-corrected chi connectivity index (χ0v) is 14.2. The maximum Gasteiger partial charge on any atom is 0.270 e. The first kappa shape index (κ1) is 19.9. The SMILES string of the molecule is CC(C)CCCCC(O)CCCCC(C)(C)S(=O)(=O)O. The van der Waals surface area contributed by atoms with E-state index in [-0.39, 0.29) is 6.10 Å². The van der Waals surface area contributed by atoms with Crippen molar-refractivity contribution in [1.29, 1.82) is 0 Å². The lowest BCUT2D eigenvalue weighted by Gasteiger charge is -2.20. The number of unbranched alkanes of at least 4 members (excludes halogenated alkanes) is 2. The van der Waals surface area contributed by atoms with Crippen LogP contribution in [0, 0.1) is 5.92 Å². The Morgan fingerprint density at radius 2 is 1.40 bits per heavy atom. The predicted molar refractivity (Wildman–Crippen MR) is 83.4 cm³/mol. The van der Waals surface area contributed by atoms with Gasteiger partial charge in [0.15, 0.2) is 0 Å². The van der Waals surface area contributed by atoms with E-state index in [4.69, 9.17) is 4.55 Å². The number of aliphatic hydroxyl groups excluding tert-OH is 1. The molecule has 0 spiro atoms. The molecule has 0 bridgehead atoms. The maximum absolute atomic E-state index is 11.1. The van der Waals surface area contributed by atoms with Crippen LogP contribution in [-0.2, 0) is 10.1 Å². The van der Waals surface area contributed by atoms with Gasteiger partial charge in [0, 0.05) is 0 Å².